The molecule has 11 heteroatoms. The van der Waals surface area contributed by atoms with E-state index in [1.807, 2.05) is 4.90 Å². The molecule has 1 N–H and O–H groups in total. The fourth-order valence-corrected chi connectivity index (χ4v) is 4.30. The smallest absolute Gasteiger partial charge is 0.293 e. The first-order chi connectivity index (χ1) is 14.5. The van der Waals surface area contributed by atoms with Crippen molar-refractivity contribution in [3.63, 3.8) is 0 Å². The third-order valence-electron chi connectivity index (χ3n) is 4.67. The van der Waals surface area contributed by atoms with E-state index in [4.69, 9.17) is 21.1 Å². The Hall–Kier alpha value is -2.95. The molecule has 0 aliphatic carbocycles. The lowest BCUT2D eigenvalue weighted by molar-refractivity contribution is -0.384. The number of nitro groups is 1. The number of methoxy groups -OCH3 is 1. The minimum Gasteiger partial charge on any atom is -0.495 e. The molecule has 0 spiro atoms. The minimum absolute atomic E-state index is 0.120. The summed E-state index contributed by atoms with van der Waals surface area (Å²) in [5, 5.41) is 15.1. The Kier molecular flexibility index (Phi) is 5.71. The second kappa shape index (κ2) is 8.42. The number of hydrogen-bond acceptors (Lipinski definition) is 8. The van der Waals surface area contributed by atoms with Gasteiger partial charge in [0.05, 0.1) is 40.5 Å². The van der Waals surface area contributed by atoms with E-state index in [0.717, 1.165) is 4.70 Å². The van der Waals surface area contributed by atoms with Gasteiger partial charge in [-0.2, -0.15) is 0 Å². The number of rotatable bonds is 5. The van der Waals surface area contributed by atoms with Crippen molar-refractivity contribution < 1.29 is 19.2 Å². The Bertz CT molecular complexity index is 1130. The second-order valence-corrected chi connectivity index (χ2v) is 7.93. The lowest BCUT2D eigenvalue weighted by Gasteiger charge is -2.28. The highest BCUT2D eigenvalue weighted by molar-refractivity contribution is 7.22. The Morgan fingerprint density at radius 3 is 2.80 bits per heavy atom. The summed E-state index contributed by atoms with van der Waals surface area (Å²) >= 11 is 7.37. The predicted molar refractivity (Wildman–Crippen MR) is 115 cm³/mol. The largest absolute Gasteiger partial charge is 0.495 e. The Morgan fingerprint density at radius 2 is 2.10 bits per heavy atom. The van der Waals surface area contributed by atoms with Crippen LogP contribution in [0.25, 0.3) is 10.2 Å². The zero-order valence-electron chi connectivity index (χ0n) is 15.9. The Morgan fingerprint density at radius 1 is 1.33 bits per heavy atom. The van der Waals surface area contributed by atoms with Gasteiger partial charge in [0, 0.05) is 30.8 Å². The fourth-order valence-electron chi connectivity index (χ4n) is 3.19. The van der Waals surface area contributed by atoms with E-state index in [1.54, 1.807) is 24.3 Å². The van der Waals surface area contributed by atoms with Crippen LogP contribution in [0, 0.1) is 10.1 Å². The summed E-state index contributed by atoms with van der Waals surface area (Å²) in [5.74, 6) is 0.0313. The number of morpholine rings is 1. The summed E-state index contributed by atoms with van der Waals surface area (Å²) in [6.07, 6.45) is 0. The maximum atomic E-state index is 12.7. The molecule has 156 valence electrons. The number of carbonyl (C=O) groups is 1. The number of carbonyl (C=O) groups excluding carboxylic acids is 1. The maximum absolute atomic E-state index is 12.7. The molecule has 3 aromatic rings. The van der Waals surface area contributed by atoms with Crippen LogP contribution in [0.4, 0.5) is 16.5 Å². The molecule has 1 aliphatic heterocycles. The molecule has 0 atom stereocenters. The molecule has 0 unspecified atom stereocenters. The standard InChI is InChI=1S/C19H17ClN4O5S/c1-28-16-10-17-13(9-12(16)20)21-19(30-17)22-18(25)11-2-3-14(15(8-11)24(26)27)23-4-6-29-7-5-23/h2-3,8-10H,4-7H2,1H3,(H,21,22,25). The topological polar surface area (TPSA) is 107 Å². The van der Waals surface area contributed by atoms with Gasteiger partial charge in [0.1, 0.15) is 11.4 Å². The zero-order chi connectivity index (χ0) is 21.3. The van der Waals surface area contributed by atoms with E-state index in [2.05, 4.69) is 10.3 Å². The highest BCUT2D eigenvalue weighted by Gasteiger charge is 2.23. The quantitative estimate of drug-likeness (QED) is 0.465. The van der Waals surface area contributed by atoms with Gasteiger partial charge in [-0.3, -0.25) is 20.2 Å². The van der Waals surface area contributed by atoms with Crippen LogP contribution >= 0.6 is 22.9 Å². The lowest BCUT2D eigenvalue weighted by Crippen LogP contribution is -2.36. The van der Waals surface area contributed by atoms with Crippen molar-refractivity contribution in [2.24, 2.45) is 0 Å². The van der Waals surface area contributed by atoms with Gasteiger partial charge in [-0.15, -0.1) is 0 Å². The van der Waals surface area contributed by atoms with E-state index >= 15 is 0 Å². The first kappa shape index (κ1) is 20.3. The van der Waals surface area contributed by atoms with Gasteiger partial charge in [0.15, 0.2) is 5.13 Å². The van der Waals surface area contributed by atoms with Crippen molar-refractivity contribution in [1.82, 2.24) is 4.98 Å². The van der Waals surface area contributed by atoms with E-state index in [-0.39, 0.29) is 11.3 Å². The molecule has 9 nitrogen and oxygen atoms in total. The van der Waals surface area contributed by atoms with Crippen LogP contribution in [-0.4, -0.2) is 49.2 Å². The number of amides is 1. The molecule has 1 amide bonds. The highest BCUT2D eigenvalue weighted by atomic mass is 35.5. The average molecular weight is 449 g/mol. The molecular weight excluding hydrogens is 432 g/mol. The van der Waals surface area contributed by atoms with Crippen molar-refractivity contribution in [2.45, 2.75) is 0 Å². The van der Waals surface area contributed by atoms with E-state index in [1.165, 1.54) is 24.5 Å². The molecule has 4 rings (SSSR count). The van der Waals surface area contributed by atoms with Gasteiger partial charge >= 0.3 is 0 Å². The number of nitrogens with one attached hydrogen (secondary N) is 1. The number of hydrogen-bond donors (Lipinski definition) is 1. The van der Waals surface area contributed by atoms with Gasteiger partial charge < -0.3 is 14.4 Å². The number of aromatic nitrogens is 1. The number of nitrogens with zero attached hydrogens (tertiary/aromatic N) is 3. The van der Waals surface area contributed by atoms with Crippen LogP contribution in [0.15, 0.2) is 30.3 Å². The van der Waals surface area contributed by atoms with Gasteiger partial charge in [-0.25, -0.2) is 4.98 Å². The molecule has 1 saturated heterocycles. The minimum atomic E-state index is -0.483. The molecule has 2 heterocycles. The summed E-state index contributed by atoms with van der Waals surface area (Å²) in [6, 6.07) is 7.85. The second-order valence-electron chi connectivity index (χ2n) is 6.49. The highest BCUT2D eigenvalue weighted by Crippen LogP contribution is 2.35. The molecular formula is C19H17ClN4O5S. The van der Waals surface area contributed by atoms with Gasteiger partial charge in [-0.05, 0) is 18.2 Å². The SMILES string of the molecule is COc1cc2sc(NC(=O)c3ccc(N4CCOCC4)c([N+](=O)[O-])c3)nc2cc1Cl. The molecule has 1 aromatic heterocycles. The summed E-state index contributed by atoms with van der Waals surface area (Å²) in [5.41, 5.74) is 1.15. The van der Waals surface area contributed by atoms with Crippen LogP contribution in [0.1, 0.15) is 10.4 Å². The van der Waals surface area contributed by atoms with E-state index in [9.17, 15) is 14.9 Å². The normalized spacial score (nSPS) is 14.0. The van der Waals surface area contributed by atoms with Gasteiger partial charge in [-0.1, -0.05) is 22.9 Å². The van der Waals surface area contributed by atoms with Crippen molar-refractivity contribution in [3.8, 4) is 5.75 Å². The zero-order valence-corrected chi connectivity index (χ0v) is 17.5. The molecule has 30 heavy (non-hydrogen) atoms. The molecule has 0 bridgehead atoms. The molecule has 2 aromatic carbocycles. The number of anilines is 2. The number of benzene rings is 2. The molecule has 0 radical (unpaired) electrons. The number of ether oxygens (including phenoxy) is 2. The van der Waals surface area contributed by atoms with Gasteiger partial charge in [0.2, 0.25) is 0 Å². The summed E-state index contributed by atoms with van der Waals surface area (Å²) in [4.78, 5) is 30.0. The fraction of sp³-hybridized carbons (Fsp3) is 0.263. The predicted octanol–water partition coefficient (Wildman–Crippen LogP) is 3.96. The third-order valence-corrected chi connectivity index (χ3v) is 5.90. The first-order valence-electron chi connectivity index (χ1n) is 9.03. The maximum Gasteiger partial charge on any atom is 0.293 e. The number of fused-ring (bicyclic) bond motifs is 1. The number of halogens is 1. The summed E-state index contributed by atoms with van der Waals surface area (Å²) in [7, 11) is 1.52. The van der Waals surface area contributed by atoms with Gasteiger partial charge in [0.25, 0.3) is 11.6 Å². The Balaban J connectivity index is 1.59. The van der Waals surface area contributed by atoms with Crippen LogP contribution < -0.4 is 15.0 Å². The molecule has 1 aliphatic rings. The average Bonchev–Trinajstić information content (AvgIpc) is 3.13. The molecule has 1 fully saturated rings. The third kappa shape index (κ3) is 4.02. The number of thiazole rings is 1. The van der Waals surface area contributed by atoms with Crippen molar-refractivity contribution >= 4 is 55.6 Å². The monoisotopic (exact) mass is 448 g/mol. The number of nitro benzene ring substituents is 1. The summed E-state index contributed by atoms with van der Waals surface area (Å²) in [6.45, 7) is 2.13. The first-order valence-corrected chi connectivity index (χ1v) is 10.2. The van der Waals surface area contributed by atoms with Crippen LogP contribution in [0.2, 0.25) is 5.02 Å². The van der Waals surface area contributed by atoms with E-state index in [0.29, 0.717) is 53.4 Å². The molecule has 0 saturated carbocycles. The van der Waals surface area contributed by atoms with Crippen molar-refractivity contribution in [2.75, 3.05) is 43.6 Å². The van der Waals surface area contributed by atoms with Crippen LogP contribution in [0.5, 0.6) is 5.75 Å². The Labute approximate surface area is 180 Å². The van der Waals surface area contributed by atoms with E-state index < -0.39 is 10.8 Å². The van der Waals surface area contributed by atoms with Crippen molar-refractivity contribution in [3.05, 3.63) is 51.0 Å². The lowest BCUT2D eigenvalue weighted by atomic mass is 10.1. The summed E-state index contributed by atoms with van der Waals surface area (Å²) < 4.78 is 11.3. The van der Waals surface area contributed by atoms with Crippen molar-refractivity contribution in [1.29, 1.82) is 0 Å². The van der Waals surface area contributed by atoms with Crippen LogP contribution in [0.3, 0.4) is 0 Å². The van der Waals surface area contributed by atoms with Crippen LogP contribution in [-0.2, 0) is 4.74 Å².